The highest BCUT2D eigenvalue weighted by Gasteiger charge is 2.24. The van der Waals surface area contributed by atoms with Crippen LogP contribution >= 0.6 is 23.1 Å². The highest BCUT2D eigenvalue weighted by molar-refractivity contribution is 8.01. The zero-order valence-electron chi connectivity index (χ0n) is 13.5. The van der Waals surface area contributed by atoms with Gasteiger partial charge in [0.15, 0.2) is 4.34 Å². The minimum Gasteiger partial charge on any atom is -0.356 e. The number of rotatable bonds is 7. The Morgan fingerprint density at radius 2 is 2.23 bits per heavy atom. The number of aryl methyl sites for hydroxylation is 1. The van der Waals surface area contributed by atoms with E-state index in [2.05, 4.69) is 39.4 Å². The molecule has 1 aliphatic rings. The molecule has 0 aliphatic carbocycles. The first-order chi connectivity index (χ1) is 10.5. The molecule has 0 bridgehead atoms. The quantitative estimate of drug-likeness (QED) is 0.590. The molecular formula is C14H25N5OS2. The third-order valence-corrected chi connectivity index (χ3v) is 5.84. The molecule has 124 valence electrons. The topological polar surface area (TPSA) is 61.4 Å². The molecule has 1 aliphatic heterocycles. The molecule has 2 heterocycles. The van der Waals surface area contributed by atoms with Gasteiger partial charge in [0, 0.05) is 44.4 Å². The lowest BCUT2D eigenvalue weighted by Gasteiger charge is -2.37. The molecule has 1 unspecified atom stereocenters. The molecule has 1 fully saturated rings. The first-order valence-electron chi connectivity index (χ1n) is 7.63. The van der Waals surface area contributed by atoms with E-state index in [1.54, 1.807) is 23.1 Å². The number of nitrogens with zero attached hydrogens (tertiary/aromatic N) is 4. The van der Waals surface area contributed by atoms with Crippen molar-refractivity contribution >= 4 is 29.0 Å². The molecular weight excluding hydrogens is 318 g/mol. The van der Waals surface area contributed by atoms with Gasteiger partial charge in [-0.3, -0.25) is 4.79 Å². The van der Waals surface area contributed by atoms with Crippen molar-refractivity contribution in [1.82, 2.24) is 25.3 Å². The van der Waals surface area contributed by atoms with Gasteiger partial charge in [-0.05, 0) is 27.4 Å². The molecule has 0 aromatic carbocycles. The number of thioether (sulfide) groups is 1. The van der Waals surface area contributed by atoms with Gasteiger partial charge in [0.1, 0.15) is 5.01 Å². The molecule has 6 nitrogen and oxygen atoms in total. The van der Waals surface area contributed by atoms with E-state index >= 15 is 0 Å². The Morgan fingerprint density at radius 1 is 1.41 bits per heavy atom. The van der Waals surface area contributed by atoms with Crippen LogP contribution in [-0.4, -0.2) is 78.0 Å². The largest absolute Gasteiger partial charge is 0.356 e. The fourth-order valence-corrected chi connectivity index (χ4v) is 4.23. The van der Waals surface area contributed by atoms with Gasteiger partial charge < -0.3 is 15.1 Å². The molecule has 0 saturated carbocycles. The molecule has 1 aromatic heterocycles. The van der Waals surface area contributed by atoms with Gasteiger partial charge in [0.25, 0.3) is 0 Å². The molecule has 8 heteroatoms. The maximum absolute atomic E-state index is 12.0. The molecule has 1 aromatic rings. The summed E-state index contributed by atoms with van der Waals surface area (Å²) < 4.78 is 1.01. The zero-order chi connectivity index (χ0) is 15.9. The monoisotopic (exact) mass is 343 g/mol. The van der Waals surface area contributed by atoms with Crippen LogP contribution in [0.5, 0.6) is 0 Å². The van der Waals surface area contributed by atoms with E-state index in [1.165, 1.54) is 0 Å². The number of amides is 1. The van der Waals surface area contributed by atoms with E-state index in [4.69, 9.17) is 0 Å². The fourth-order valence-electron chi connectivity index (χ4n) is 2.40. The predicted molar refractivity (Wildman–Crippen MR) is 91.5 cm³/mol. The normalized spacial score (nSPS) is 20.2. The highest BCUT2D eigenvalue weighted by atomic mass is 32.2. The number of aromatic nitrogens is 2. The van der Waals surface area contributed by atoms with Gasteiger partial charge in [-0.1, -0.05) is 23.1 Å². The molecule has 1 saturated heterocycles. The summed E-state index contributed by atoms with van der Waals surface area (Å²) in [6, 6.07) is 0.331. The second-order valence-corrected chi connectivity index (χ2v) is 8.26. The SMILES string of the molecule is Cc1nnc(SCCCNC(=O)CC2CN(C)CCN2C)s1. The van der Waals surface area contributed by atoms with E-state index in [-0.39, 0.29) is 5.91 Å². The molecule has 1 N–H and O–H groups in total. The Labute approximate surface area is 140 Å². The Balaban J connectivity index is 1.57. The lowest BCUT2D eigenvalue weighted by molar-refractivity contribution is -0.122. The molecule has 22 heavy (non-hydrogen) atoms. The van der Waals surface area contributed by atoms with Crippen LogP contribution in [-0.2, 0) is 4.79 Å². The number of carbonyl (C=O) groups is 1. The van der Waals surface area contributed by atoms with E-state index < -0.39 is 0 Å². The van der Waals surface area contributed by atoms with Crippen molar-refractivity contribution < 1.29 is 4.79 Å². The summed E-state index contributed by atoms with van der Waals surface area (Å²) in [5, 5.41) is 12.1. The minimum atomic E-state index is 0.156. The van der Waals surface area contributed by atoms with Crippen LogP contribution in [0.3, 0.4) is 0 Å². The third kappa shape index (κ3) is 5.83. The van der Waals surface area contributed by atoms with E-state index in [0.717, 1.165) is 47.7 Å². The Bertz CT molecular complexity index is 482. The summed E-state index contributed by atoms with van der Waals surface area (Å²) in [6.45, 7) is 5.77. The minimum absolute atomic E-state index is 0.156. The lowest BCUT2D eigenvalue weighted by atomic mass is 10.1. The maximum Gasteiger partial charge on any atom is 0.221 e. The van der Waals surface area contributed by atoms with E-state index in [0.29, 0.717) is 12.5 Å². The van der Waals surface area contributed by atoms with Gasteiger partial charge >= 0.3 is 0 Å². The Hall–Kier alpha value is -0.700. The van der Waals surface area contributed by atoms with Gasteiger partial charge in [-0.15, -0.1) is 10.2 Å². The van der Waals surface area contributed by atoms with Crippen LogP contribution in [0, 0.1) is 6.92 Å². The average Bonchev–Trinajstić information content (AvgIpc) is 2.88. The standard InChI is InChI=1S/C14H25N5OS2/c1-11-16-17-14(22-11)21-8-4-5-15-13(20)9-12-10-18(2)6-7-19(12)3/h12H,4-10H2,1-3H3,(H,15,20). The van der Waals surface area contributed by atoms with Crippen molar-refractivity contribution in [2.24, 2.45) is 0 Å². The second-order valence-electron chi connectivity index (χ2n) is 5.74. The molecule has 1 atom stereocenters. The van der Waals surface area contributed by atoms with Gasteiger partial charge in [0.2, 0.25) is 5.91 Å². The zero-order valence-corrected chi connectivity index (χ0v) is 15.2. The second kappa shape index (κ2) is 8.81. The average molecular weight is 344 g/mol. The summed E-state index contributed by atoms with van der Waals surface area (Å²) in [5.41, 5.74) is 0. The van der Waals surface area contributed by atoms with Crippen LogP contribution < -0.4 is 5.32 Å². The number of hydrogen-bond donors (Lipinski definition) is 1. The number of hydrogen-bond acceptors (Lipinski definition) is 7. The van der Waals surface area contributed by atoms with Gasteiger partial charge in [-0.2, -0.15) is 0 Å². The number of likely N-dealkylation sites (N-methyl/N-ethyl adjacent to an activating group) is 2. The lowest BCUT2D eigenvalue weighted by Crippen LogP contribution is -2.51. The van der Waals surface area contributed by atoms with Crippen LogP contribution in [0.2, 0.25) is 0 Å². The Morgan fingerprint density at radius 3 is 2.95 bits per heavy atom. The molecule has 2 rings (SSSR count). The van der Waals surface area contributed by atoms with E-state index in [9.17, 15) is 4.79 Å². The van der Waals surface area contributed by atoms with Crippen LogP contribution in [0.4, 0.5) is 0 Å². The number of piperazine rings is 1. The van der Waals surface area contributed by atoms with Crippen molar-refractivity contribution in [3.63, 3.8) is 0 Å². The summed E-state index contributed by atoms with van der Waals surface area (Å²) in [4.78, 5) is 16.6. The molecule has 1 amide bonds. The third-order valence-electron chi connectivity index (χ3n) is 3.78. The van der Waals surface area contributed by atoms with Crippen LogP contribution in [0.25, 0.3) is 0 Å². The van der Waals surface area contributed by atoms with Gasteiger partial charge in [-0.25, -0.2) is 0 Å². The summed E-state index contributed by atoms with van der Waals surface area (Å²) in [7, 11) is 4.22. The van der Waals surface area contributed by atoms with Crippen LogP contribution in [0.1, 0.15) is 17.8 Å². The first kappa shape index (κ1) is 17.7. The van der Waals surface area contributed by atoms with Crippen LogP contribution in [0.15, 0.2) is 4.34 Å². The summed E-state index contributed by atoms with van der Waals surface area (Å²) >= 11 is 3.33. The predicted octanol–water partition coefficient (Wildman–Crippen LogP) is 1.08. The number of nitrogens with one attached hydrogen (secondary N) is 1. The van der Waals surface area contributed by atoms with Crippen molar-refractivity contribution in [3.05, 3.63) is 5.01 Å². The van der Waals surface area contributed by atoms with Crippen molar-refractivity contribution in [2.75, 3.05) is 46.0 Å². The maximum atomic E-state index is 12.0. The van der Waals surface area contributed by atoms with E-state index in [1.807, 2.05) is 6.92 Å². The van der Waals surface area contributed by atoms with Crippen molar-refractivity contribution in [2.45, 2.75) is 30.1 Å². The molecule has 0 spiro atoms. The number of carbonyl (C=O) groups excluding carboxylic acids is 1. The summed E-state index contributed by atoms with van der Waals surface area (Å²) in [5.74, 6) is 1.12. The van der Waals surface area contributed by atoms with Crippen molar-refractivity contribution in [1.29, 1.82) is 0 Å². The smallest absolute Gasteiger partial charge is 0.221 e. The van der Waals surface area contributed by atoms with Crippen molar-refractivity contribution in [3.8, 4) is 0 Å². The fraction of sp³-hybridized carbons (Fsp3) is 0.786. The van der Waals surface area contributed by atoms with Gasteiger partial charge in [0.05, 0.1) is 0 Å². The Kier molecular flexibility index (Phi) is 7.07. The first-order valence-corrected chi connectivity index (χ1v) is 9.43. The highest BCUT2D eigenvalue weighted by Crippen LogP contribution is 2.22. The molecule has 0 radical (unpaired) electrons. The summed E-state index contributed by atoms with van der Waals surface area (Å²) in [6.07, 6.45) is 1.54.